The minimum Gasteiger partial charge on any atom is -0.496 e. The average Bonchev–Trinajstić information content (AvgIpc) is 2.03. The minimum absolute atomic E-state index is 0.148. The lowest BCUT2D eigenvalue weighted by molar-refractivity contribution is -0.137. The monoisotopic (exact) mass is 189 g/mol. The number of benzene rings is 1. The molecule has 0 bridgehead atoms. The SMILES string of the molecule is [CH2]c1ccc(C(F)(F)F)cc1OC. The van der Waals surface area contributed by atoms with Crippen LogP contribution in [0.3, 0.4) is 0 Å². The highest BCUT2D eigenvalue weighted by molar-refractivity contribution is 5.40. The number of methoxy groups -OCH3 is 1. The normalized spacial score (nSPS) is 11.5. The largest absolute Gasteiger partial charge is 0.496 e. The predicted molar refractivity (Wildman–Crippen MR) is 42.5 cm³/mol. The number of alkyl halides is 3. The van der Waals surface area contributed by atoms with Crippen LogP contribution in [0.2, 0.25) is 0 Å². The molecule has 1 rings (SSSR count). The zero-order valence-corrected chi connectivity index (χ0v) is 6.98. The van der Waals surface area contributed by atoms with Crippen molar-refractivity contribution in [1.82, 2.24) is 0 Å². The van der Waals surface area contributed by atoms with Gasteiger partial charge in [0.25, 0.3) is 0 Å². The quantitative estimate of drug-likeness (QED) is 0.660. The molecule has 0 N–H and O–H groups in total. The molecule has 0 atom stereocenters. The molecule has 0 amide bonds. The summed E-state index contributed by atoms with van der Waals surface area (Å²) in [7, 11) is 1.31. The van der Waals surface area contributed by atoms with Crippen LogP contribution >= 0.6 is 0 Å². The first kappa shape index (κ1) is 9.89. The van der Waals surface area contributed by atoms with Gasteiger partial charge >= 0.3 is 6.18 Å². The van der Waals surface area contributed by atoms with Crippen molar-refractivity contribution >= 4 is 0 Å². The zero-order chi connectivity index (χ0) is 10.1. The molecule has 0 unspecified atom stereocenters. The van der Waals surface area contributed by atoms with E-state index in [1.165, 1.54) is 13.2 Å². The molecule has 0 saturated carbocycles. The van der Waals surface area contributed by atoms with Gasteiger partial charge in [0.1, 0.15) is 5.75 Å². The molecule has 1 radical (unpaired) electrons. The molecule has 71 valence electrons. The third kappa shape index (κ3) is 2.14. The number of halogens is 3. The van der Waals surface area contributed by atoms with Crippen LogP contribution in [0, 0.1) is 6.92 Å². The highest BCUT2D eigenvalue weighted by atomic mass is 19.4. The summed E-state index contributed by atoms with van der Waals surface area (Å²) in [5.41, 5.74) is -0.285. The Labute approximate surface area is 74.1 Å². The second-order valence-electron chi connectivity index (χ2n) is 2.52. The smallest absolute Gasteiger partial charge is 0.416 e. The molecule has 0 saturated heterocycles. The van der Waals surface area contributed by atoms with E-state index in [4.69, 9.17) is 4.74 Å². The van der Waals surface area contributed by atoms with E-state index in [1.54, 1.807) is 0 Å². The molecule has 0 spiro atoms. The summed E-state index contributed by atoms with van der Waals surface area (Å²) in [6, 6.07) is 3.19. The fourth-order valence-electron chi connectivity index (χ4n) is 0.921. The van der Waals surface area contributed by atoms with E-state index in [9.17, 15) is 13.2 Å². The third-order valence-electron chi connectivity index (χ3n) is 1.61. The van der Waals surface area contributed by atoms with Crippen molar-refractivity contribution in [3.8, 4) is 5.75 Å². The summed E-state index contributed by atoms with van der Waals surface area (Å²) in [6.07, 6.45) is -4.33. The van der Waals surface area contributed by atoms with Gasteiger partial charge < -0.3 is 4.74 Å². The predicted octanol–water partition coefficient (Wildman–Crippen LogP) is 2.90. The van der Waals surface area contributed by atoms with E-state index in [0.717, 1.165) is 12.1 Å². The summed E-state index contributed by atoms with van der Waals surface area (Å²) in [5.74, 6) is 0.148. The Bertz CT molecular complexity index is 304. The Hall–Kier alpha value is -1.19. The van der Waals surface area contributed by atoms with Crippen LogP contribution in [0.5, 0.6) is 5.75 Å². The van der Waals surface area contributed by atoms with Gasteiger partial charge in [-0.3, -0.25) is 0 Å². The van der Waals surface area contributed by atoms with Crippen LogP contribution in [-0.2, 0) is 6.18 Å². The lowest BCUT2D eigenvalue weighted by Gasteiger charge is -2.09. The van der Waals surface area contributed by atoms with Gasteiger partial charge in [0.15, 0.2) is 0 Å². The van der Waals surface area contributed by atoms with E-state index in [1.807, 2.05) is 0 Å². The van der Waals surface area contributed by atoms with Gasteiger partial charge in [-0.2, -0.15) is 13.2 Å². The first-order chi connectivity index (χ1) is 5.95. The van der Waals surface area contributed by atoms with Crippen LogP contribution in [-0.4, -0.2) is 7.11 Å². The van der Waals surface area contributed by atoms with Gasteiger partial charge in [-0.25, -0.2) is 0 Å². The number of rotatable bonds is 1. The standard InChI is InChI=1S/C9H8F3O/c1-6-3-4-7(9(10,11)12)5-8(6)13-2/h3-5H,1H2,2H3. The van der Waals surface area contributed by atoms with Gasteiger partial charge in [-0.1, -0.05) is 6.07 Å². The van der Waals surface area contributed by atoms with Crippen LogP contribution < -0.4 is 4.74 Å². The summed E-state index contributed by atoms with van der Waals surface area (Å²) in [4.78, 5) is 0. The van der Waals surface area contributed by atoms with E-state index in [0.29, 0.717) is 5.56 Å². The van der Waals surface area contributed by atoms with Crippen molar-refractivity contribution in [3.05, 3.63) is 36.2 Å². The highest BCUT2D eigenvalue weighted by Gasteiger charge is 2.30. The summed E-state index contributed by atoms with van der Waals surface area (Å²) < 4.78 is 41.2. The Morgan fingerprint density at radius 1 is 1.31 bits per heavy atom. The number of hydrogen-bond acceptors (Lipinski definition) is 1. The highest BCUT2D eigenvalue weighted by Crippen LogP contribution is 2.32. The minimum atomic E-state index is -4.33. The topological polar surface area (TPSA) is 9.23 Å². The summed E-state index contributed by atoms with van der Waals surface area (Å²) in [5, 5.41) is 0. The fourth-order valence-corrected chi connectivity index (χ4v) is 0.921. The van der Waals surface area contributed by atoms with Crippen LogP contribution in [0.25, 0.3) is 0 Å². The van der Waals surface area contributed by atoms with Gasteiger partial charge in [0.05, 0.1) is 12.7 Å². The number of hydrogen-bond donors (Lipinski definition) is 0. The Morgan fingerprint density at radius 3 is 2.38 bits per heavy atom. The van der Waals surface area contributed by atoms with Crippen molar-refractivity contribution in [3.63, 3.8) is 0 Å². The first-order valence-corrected chi connectivity index (χ1v) is 3.52. The van der Waals surface area contributed by atoms with Gasteiger partial charge in [0, 0.05) is 0 Å². The van der Waals surface area contributed by atoms with Crippen LogP contribution in [0.4, 0.5) is 13.2 Å². The molecule has 13 heavy (non-hydrogen) atoms. The lowest BCUT2D eigenvalue weighted by atomic mass is 10.1. The van der Waals surface area contributed by atoms with Crippen molar-refractivity contribution in [2.24, 2.45) is 0 Å². The van der Waals surface area contributed by atoms with E-state index in [-0.39, 0.29) is 5.75 Å². The van der Waals surface area contributed by atoms with E-state index < -0.39 is 11.7 Å². The Balaban J connectivity index is 3.14. The molecule has 0 aliphatic carbocycles. The molecule has 0 fully saturated rings. The van der Waals surface area contributed by atoms with E-state index >= 15 is 0 Å². The van der Waals surface area contributed by atoms with Crippen molar-refractivity contribution in [2.75, 3.05) is 7.11 Å². The van der Waals surface area contributed by atoms with Gasteiger partial charge in [0.2, 0.25) is 0 Å². The summed E-state index contributed by atoms with van der Waals surface area (Å²) in [6.45, 7) is 3.52. The Morgan fingerprint density at radius 2 is 1.92 bits per heavy atom. The average molecular weight is 189 g/mol. The maximum absolute atomic E-state index is 12.2. The molecule has 4 heteroatoms. The van der Waals surface area contributed by atoms with Crippen molar-refractivity contribution < 1.29 is 17.9 Å². The van der Waals surface area contributed by atoms with Crippen LogP contribution in [0.15, 0.2) is 18.2 Å². The Kier molecular flexibility index (Phi) is 2.50. The maximum Gasteiger partial charge on any atom is 0.416 e. The molecule has 0 aliphatic rings. The molecular formula is C9H8F3O. The fraction of sp³-hybridized carbons (Fsp3) is 0.222. The molecule has 1 nitrogen and oxygen atoms in total. The van der Waals surface area contributed by atoms with E-state index in [2.05, 4.69) is 6.92 Å². The van der Waals surface area contributed by atoms with Gasteiger partial charge in [-0.15, -0.1) is 0 Å². The van der Waals surface area contributed by atoms with Crippen molar-refractivity contribution in [1.29, 1.82) is 0 Å². The number of ether oxygens (including phenoxy) is 1. The molecule has 1 aromatic rings. The second-order valence-corrected chi connectivity index (χ2v) is 2.52. The van der Waals surface area contributed by atoms with Crippen molar-refractivity contribution in [2.45, 2.75) is 6.18 Å². The molecule has 0 aromatic heterocycles. The van der Waals surface area contributed by atoms with Crippen LogP contribution in [0.1, 0.15) is 11.1 Å². The molecule has 1 aromatic carbocycles. The lowest BCUT2D eigenvalue weighted by Crippen LogP contribution is -2.05. The first-order valence-electron chi connectivity index (χ1n) is 3.52. The van der Waals surface area contributed by atoms with Gasteiger partial charge in [-0.05, 0) is 24.6 Å². The zero-order valence-electron chi connectivity index (χ0n) is 6.98. The maximum atomic E-state index is 12.2. The second kappa shape index (κ2) is 3.28. The molecular weight excluding hydrogens is 181 g/mol. The molecule has 0 aliphatic heterocycles. The molecule has 0 heterocycles. The third-order valence-corrected chi connectivity index (χ3v) is 1.61. The summed E-state index contributed by atoms with van der Waals surface area (Å²) >= 11 is 0.